The number of aromatic nitrogens is 4. The molecule has 1 atom stereocenters. The second-order valence-corrected chi connectivity index (χ2v) is 5.68. The minimum atomic E-state index is -0.0157. The number of nitrogens with zero attached hydrogens (tertiary/aromatic N) is 4. The molecule has 0 aromatic carbocycles. The summed E-state index contributed by atoms with van der Waals surface area (Å²) in [5.74, 6) is -0.0157. The third-order valence-electron chi connectivity index (χ3n) is 3.32. The van der Waals surface area contributed by atoms with E-state index in [2.05, 4.69) is 31.2 Å². The van der Waals surface area contributed by atoms with Crippen LogP contribution in [-0.4, -0.2) is 43.9 Å². The van der Waals surface area contributed by atoms with E-state index in [1.54, 1.807) is 12.3 Å². The van der Waals surface area contributed by atoms with Crippen molar-refractivity contribution in [2.75, 3.05) is 13.1 Å². The molecule has 2 aromatic rings. The summed E-state index contributed by atoms with van der Waals surface area (Å²) in [7, 11) is 0. The van der Waals surface area contributed by atoms with Crippen molar-refractivity contribution in [3.63, 3.8) is 0 Å². The average Bonchev–Trinajstić information content (AvgIpc) is 3.07. The molecule has 0 spiro atoms. The first-order valence-corrected chi connectivity index (χ1v) is 6.94. The van der Waals surface area contributed by atoms with Gasteiger partial charge in [0.05, 0.1) is 16.7 Å². The normalized spacial score (nSPS) is 19.1. The molecule has 0 aliphatic carbocycles. The second-order valence-electron chi connectivity index (χ2n) is 4.77. The van der Waals surface area contributed by atoms with E-state index in [1.807, 2.05) is 22.7 Å². The van der Waals surface area contributed by atoms with E-state index >= 15 is 0 Å². The Morgan fingerprint density at radius 1 is 1.58 bits per heavy atom. The Hall–Kier alpha value is -1.63. The Morgan fingerprint density at radius 3 is 3.05 bits per heavy atom. The highest BCUT2D eigenvalue weighted by Crippen LogP contribution is 2.23. The van der Waals surface area contributed by atoms with Gasteiger partial charge in [-0.1, -0.05) is 0 Å². The molecule has 3 rings (SSSR count). The van der Waals surface area contributed by atoms with E-state index in [0.717, 1.165) is 23.1 Å². The summed E-state index contributed by atoms with van der Waals surface area (Å²) >= 11 is 3.38. The molecule has 1 saturated heterocycles. The van der Waals surface area contributed by atoms with Crippen LogP contribution in [0.5, 0.6) is 0 Å². The fourth-order valence-corrected chi connectivity index (χ4v) is 2.65. The van der Waals surface area contributed by atoms with Gasteiger partial charge >= 0.3 is 0 Å². The molecule has 1 amide bonds. The molecule has 0 bridgehead atoms. The molecule has 0 saturated carbocycles. The second kappa shape index (κ2) is 4.80. The van der Waals surface area contributed by atoms with Crippen molar-refractivity contribution < 1.29 is 4.79 Å². The van der Waals surface area contributed by atoms with Crippen LogP contribution >= 0.6 is 15.9 Å². The van der Waals surface area contributed by atoms with Crippen LogP contribution < -0.4 is 0 Å². The van der Waals surface area contributed by atoms with E-state index in [-0.39, 0.29) is 11.9 Å². The Balaban J connectivity index is 1.70. The van der Waals surface area contributed by atoms with Crippen LogP contribution in [0, 0.1) is 6.92 Å². The van der Waals surface area contributed by atoms with Crippen LogP contribution in [-0.2, 0) is 0 Å². The summed E-state index contributed by atoms with van der Waals surface area (Å²) in [5, 5.41) is 11.1. The first-order chi connectivity index (χ1) is 9.13. The van der Waals surface area contributed by atoms with Crippen molar-refractivity contribution in [2.45, 2.75) is 19.4 Å². The van der Waals surface area contributed by atoms with Gasteiger partial charge in [0.2, 0.25) is 0 Å². The van der Waals surface area contributed by atoms with Crippen molar-refractivity contribution in [2.24, 2.45) is 0 Å². The van der Waals surface area contributed by atoms with Crippen LogP contribution in [0.3, 0.4) is 0 Å². The van der Waals surface area contributed by atoms with Gasteiger partial charge in [-0.15, -0.1) is 0 Å². The van der Waals surface area contributed by atoms with E-state index in [0.29, 0.717) is 12.2 Å². The van der Waals surface area contributed by atoms with Gasteiger partial charge in [0.15, 0.2) is 0 Å². The number of aryl methyl sites for hydroxylation is 1. The number of halogens is 1. The monoisotopic (exact) mass is 323 g/mol. The molecule has 1 unspecified atom stereocenters. The maximum atomic E-state index is 12.2. The van der Waals surface area contributed by atoms with Gasteiger partial charge in [-0.25, -0.2) is 0 Å². The molecule has 1 N–H and O–H groups in total. The number of aromatic amines is 1. The van der Waals surface area contributed by atoms with Crippen LogP contribution in [0.2, 0.25) is 0 Å². The van der Waals surface area contributed by atoms with Gasteiger partial charge in [-0.2, -0.15) is 10.2 Å². The average molecular weight is 324 g/mol. The highest BCUT2D eigenvalue weighted by Gasteiger charge is 2.29. The largest absolute Gasteiger partial charge is 0.335 e. The molecule has 3 heterocycles. The van der Waals surface area contributed by atoms with Crippen LogP contribution in [0.25, 0.3) is 0 Å². The minimum absolute atomic E-state index is 0.0157. The minimum Gasteiger partial charge on any atom is -0.335 e. The first-order valence-electron chi connectivity index (χ1n) is 6.14. The number of nitrogens with one attached hydrogen (secondary N) is 1. The molecule has 19 heavy (non-hydrogen) atoms. The third kappa shape index (κ3) is 2.42. The van der Waals surface area contributed by atoms with Gasteiger partial charge in [0.25, 0.3) is 5.91 Å². The lowest BCUT2D eigenvalue weighted by atomic mass is 10.3. The predicted octanol–water partition coefficient (Wildman–Crippen LogP) is 1.76. The Morgan fingerprint density at radius 2 is 2.42 bits per heavy atom. The van der Waals surface area contributed by atoms with E-state index in [9.17, 15) is 4.79 Å². The number of H-pyrrole nitrogens is 1. The molecule has 7 heteroatoms. The fraction of sp³-hybridized carbons (Fsp3) is 0.417. The molecule has 2 aromatic heterocycles. The summed E-state index contributed by atoms with van der Waals surface area (Å²) < 4.78 is 2.87. The molecule has 6 nitrogen and oxygen atoms in total. The third-order valence-corrected chi connectivity index (χ3v) is 3.73. The summed E-state index contributed by atoms with van der Waals surface area (Å²) in [6.45, 7) is 3.31. The van der Waals surface area contributed by atoms with Crippen molar-refractivity contribution in [3.05, 3.63) is 34.3 Å². The maximum Gasteiger partial charge on any atom is 0.274 e. The van der Waals surface area contributed by atoms with Gasteiger partial charge in [-0.05, 0) is 35.3 Å². The zero-order valence-electron chi connectivity index (χ0n) is 10.5. The Kier molecular flexibility index (Phi) is 3.14. The van der Waals surface area contributed by atoms with Crippen molar-refractivity contribution >= 4 is 21.8 Å². The maximum absolute atomic E-state index is 12.2. The molecule has 1 aliphatic heterocycles. The number of hydrogen-bond acceptors (Lipinski definition) is 3. The molecule has 1 fully saturated rings. The highest BCUT2D eigenvalue weighted by atomic mass is 79.9. The Bertz CT molecular complexity index is 605. The van der Waals surface area contributed by atoms with Crippen molar-refractivity contribution in [1.29, 1.82) is 0 Å². The van der Waals surface area contributed by atoms with Crippen LogP contribution in [0.4, 0.5) is 0 Å². The predicted molar refractivity (Wildman–Crippen MR) is 72.8 cm³/mol. The smallest absolute Gasteiger partial charge is 0.274 e. The zero-order valence-corrected chi connectivity index (χ0v) is 12.1. The van der Waals surface area contributed by atoms with E-state index in [4.69, 9.17) is 0 Å². The van der Waals surface area contributed by atoms with Crippen LogP contribution in [0.15, 0.2) is 22.9 Å². The van der Waals surface area contributed by atoms with E-state index < -0.39 is 0 Å². The first kappa shape index (κ1) is 12.4. The van der Waals surface area contributed by atoms with E-state index in [1.165, 1.54) is 0 Å². The Labute approximate surface area is 118 Å². The highest BCUT2D eigenvalue weighted by molar-refractivity contribution is 9.10. The van der Waals surface area contributed by atoms with Crippen LogP contribution in [0.1, 0.15) is 28.6 Å². The number of carbonyl (C=O) groups excluding carboxylic acids is 1. The molecule has 1 aliphatic rings. The lowest BCUT2D eigenvalue weighted by Crippen LogP contribution is -2.29. The summed E-state index contributed by atoms with van der Waals surface area (Å²) in [4.78, 5) is 14.1. The number of rotatable bonds is 2. The van der Waals surface area contributed by atoms with Gasteiger partial charge in [0, 0.05) is 25.0 Å². The molecular weight excluding hydrogens is 310 g/mol. The molecule has 100 valence electrons. The summed E-state index contributed by atoms with van der Waals surface area (Å²) in [6.07, 6.45) is 4.63. The lowest BCUT2D eigenvalue weighted by Gasteiger charge is -2.15. The van der Waals surface area contributed by atoms with Gasteiger partial charge in [-0.3, -0.25) is 14.6 Å². The topological polar surface area (TPSA) is 66.8 Å². The SMILES string of the molecule is Cc1cc(C(=O)N2CCC(n3cc(Br)cn3)C2)n[nH]1. The standard InChI is InChI=1S/C12H14BrN5O/c1-8-4-11(16-15-8)12(19)17-3-2-10(7-17)18-6-9(13)5-14-18/h4-6,10H,2-3,7H2,1H3,(H,15,16). The quantitative estimate of drug-likeness (QED) is 0.915. The fourth-order valence-electron chi connectivity index (χ4n) is 2.35. The zero-order chi connectivity index (χ0) is 13.4. The van der Waals surface area contributed by atoms with Crippen molar-refractivity contribution in [3.8, 4) is 0 Å². The number of carbonyl (C=O) groups is 1. The molecule has 0 radical (unpaired) electrons. The number of hydrogen-bond donors (Lipinski definition) is 1. The molecular formula is C12H14BrN5O. The number of likely N-dealkylation sites (tertiary alicyclic amines) is 1. The lowest BCUT2D eigenvalue weighted by molar-refractivity contribution is 0.0781. The summed E-state index contributed by atoms with van der Waals surface area (Å²) in [6, 6.07) is 2.02. The van der Waals surface area contributed by atoms with Crippen molar-refractivity contribution in [1.82, 2.24) is 24.9 Å². The number of amides is 1. The summed E-state index contributed by atoms with van der Waals surface area (Å²) in [5.41, 5.74) is 1.38. The van der Waals surface area contributed by atoms with Gasteiger partial charge < -0.3 is 4.90 Å². The van der Waals surface area contributed by atoms with Gasteiger partial charge in [0.1, 0.15) is 5.69 Å².